The first-order chi connectivity index (χ1) is 7.63. The second kappa shape index (κ2) is 4.94. The van der Waals surface area contributed by atoms with Gasteiger partial charge in [-0.2, -0.15) is 0 Å². The third kappa shape index (κ3) is 2.52. The monoisotopic (exact) mass is 220 g/mol. The van der Waals surface area contributed by atoms with E-state index in [2.05, 4.69) is 26.5 Å². The van der Waals surface area contributed by atoms with Crippen molar-refractivity contribution >= 4 is 0 Å². The topological polar surface area (TPSA) is 0 Å². The van der Waals surface area contributed by atoms with Crippen LogP contribution >= 0.6 is 0 Å². The summed E-state index contributed by atoms with van der Waals surface area (Å²) < 4.78 is 0. The quantitative estimate of drug-likeness (QED) is 0.451. The molecular formula is C16H28. The summed E-state index contributed by atoms with van der Waals surface area (Å²) >= 11 is 0. The fraction of sp³-hybridized carbons (Fsp3) is 0.875. The van der Waals surface area contributed by atoms with Crippen LogP contribution in [-0.2, 0) is 0 Å². The van der Waals surface area contributed by atoms with Crippen LogP contribution in [0.1, 0.15) is 65.2 Å². The zero-order chi connectivity index (χ0) is 11.6. The van der Waals surface area contributed by atoms with Crippen LogP contribution in [0.3, 0.4) is 0 Å². The number of rotatable bonds is 4. The summed E-state index contributed by atoms with van der Waals surface area (Å²) in [6, 6.07) is 0. The second-order valence-electron chi connectivity index (χ2n) is 6.79. The van der Waals surface area contributed by atoms with Gasteiger partial charge < -0.3 is 0 Å². The zero-order valence-electron chi connectivity index (χ0n) is 11.2. The van der Waals surface area contributed by atoms with Gasteiger partial charge in [0.1, 0.15) is 0 Å². The molecule has 0 spiro atoms. The van der Waals surface area contributed by atoms with Crippen LogP contribution in [0.25, 0.3) is 0 Å². The molecule has 0 saturated heterocycles. The van der Waals surface area contributed by atoms with E-state index in [-0.39, 0.29) is 0 Å². The molecule has 2 aliphatic carbocycles. The molecule has 2 fully saturated rings. The Bertz CT molecular complexity index is 238. The van der Waals surface area contributed by atoms with Gasteiger partial charge in [-0.1, -0.05) is 32.8 Å². The number of allylic oxidation sites excluding steroid dienone is 1. The largest absolute Gasteiger partial charge is 0.103 e. The van der Waals surface area contributed by atoms with Gasteiger partial charge in [0.2, 0.25) is 0 Å². The number of unbranched alkanes of at least 4 members (excludes halogenated alkanes) is 1. The normalized spacial score (nSPS) is 37.0. The van der Waals surface area contributed by atoms with Crippen LogP contribution in [0.5, 0.6) is 0 Å². The molecule has 0 nitrogen and oxygen atoms in total. The number of hydrogen-bond donors (Lipinski definition) is 0. The zero-order valence-corrected chi connectivity index (χ0v) is 11.2. The Morgan fingerprint density at radius 3 is 2.81 bits per heavy atom. The van der Waals surface area contributed by atoms with Gasteiger partial charge in [0, 0.05) is 0 Å². The summed E-state index contributed by atoms with van der Waals surface area (Å²) in [4.78, 5) is 0. The predicted molar refractivity (Wildman–Crippen MR) is 71.4 cm³/mol. The van der Waals surface area contributed by atoms with E-state index in [0.29, 0.717) is 5.41 Å². The minimum Gasteiger partial charge on any atom is -0.103 e. The molecule has 2 aliphatic rings. The van der Waals surface area contributed by atoms with Gasteiger partial charge in [-0.25, -0.2) is 0 Å². The fourth-order valence-electron chi connectivity index (χ4n) is 4.18. The third-order valence-corrected chi connectivity index (χ3v) is 5.29. The van der Waals surface area contributed by atoms with Crippen molar-refractivity contribution in [2.75, 3.05) is 0 Å². The lowest BCUT2D eigenvalue weighted by atomic mass is 9.67. The van der Waals surface area contributed by atoms with Crippen molar-refractivity contribution in [1.29, 1.82) is 0 Å². The summed E-state index contributed by atoms with van der Waals surface area (Å²) in [5.41, 5.74) is 0.641. The van der Waals surface area contributed by atoms with Crippen molar-refractivity contribution in [3.8, 4) is 0 Å². The van der Waals surface area contributed by atoms with Crippen molar-refractivity contribution in [3.05, 3.63) is 12.7 Å². The molecule has 0 N–H and O–H groups in total. The fourth-order valence-corrected chi connectivity index (χ4v) is 4.18. The summed E-state index contributed by atoms with van der Waals surface area (Å²) in [6.07, 6.45) is 13.6. The van der Waals surface area contributed by atoms with Gasteiger partial charge in [-0.15, -0.1) is 6.58 Å². The van der Waals surface area contributed by atoms with Crippen molar-refractivity contribution in [2.45, 2.75) is 65.2 Å². The van der Waals surface area contributed by atoms with E-state index in [0.717, 1.165) is 17.8 Å². The molecule has 16 heavy (non-hydrogen) atoms. The molecule has 3 unspecified atom stereocenters. The van der Waals surface area contributed by atoms with Crippen LogP contribution in [0.15, 0.2) is 12.7 Å². The molecule has 0 heterocycles. The predicted octanol–water partition coefficient (Wildman–Crippen LogP) is 5.20. The Balaban J connectivity index is 1.85. The Morgan fingerprint density at radius 2 is 2.06 bits per heavy atom. The Kier molecular flexibility index (Phi) is 3.77. The minimum atomic E-state index is 0.641. The molecule has 0 bridgehead atoms. The van der Waals surface area contributed by atoms with Crippen LogP contribution in [0.2, 0.25) is 0 Å². The Morgan fingerprint density at radius 1 is 1.25 bits per heavy atom. The molecule has 0 radical (unpaired) electrons. The van der Waals surface area contributed by atoms with E-state index in [9.17, 15) is 0 Å². The van der Waals surface area contributed by atoms with E-state index in [1.807, 2.05) is 0 Å². The average molecular weight is 220 g/mol. The molecule has 3 atom stereocenters. The first-order valence-corrected chi connectivity index (χ1v) is 7.24. The highest BCUT2D eigenvalue weighted by Crippen LogP contribution is 2.54. The molecule has 0 aromatic carbocycles. The summed E-state index contributed by atoms with van der Waals surface area (Å²) in [5.74, 6) is 3.14. The molecule has 0 aromatic rings. The Hall–Kier alpha value is -0.260. The van der Waals surface area contributed by atoms with Crippen molar-refractivity contribution in [3.63, 3.8) is 0 Å². The highest BCUT2D eigenvalue weighted by atomic mass is 14.5. The maximum Gasteiger partial charge on any atom is -0.0323 e. The number of fused-ring (bicyclic) bond motifs is 1. The lowest BCUT2D eigenvalue weighted by Crippen LogP contribution is -2.29. The van der Waals surface area contributed by atoms with Crippen molar-refractivity contribution in [2.24, 2.45) is 23.2 Å². The van der Waals surface area contributed by atoms with Crippen LogP contribution in [-0.4, -0.2) is 0 Å². The van der Waals surface area contributed by atoms with Gasteiger partial charge in [-0.3, -0.25) is 0 Å². The lowest BCUT2D eigenvalue weighted by Gasteiger charge is -2.38. The van der Waals surface area contributed by atoms with Crippen LogP contribution in [0.4, 0.5) is 0 Å². The van der Waals surface area contributed by atoms with E-state index < -0.39 is 0 Å². The first kappa shape index (κ1) is 12.2. The van der Waals surface area contributed by atoms with Crippen LogP contribution < -0.4 is 0 Å². The summed E-state index contributed by atoms with van der Waals surface area (Å²) in [7, 11) is 0. The van der Waals surface area contributed by atoms with Gasteiger partial charge in [0.15, 0.2) is 0 Å². The SMILES string of the molecule is C=CCCCC1CCC2CCC(C)(C)C2C1. The first-order valence-electron chi connectivity index (χ1n) is 7.24. The molecule has 0 amide bonds. The van der Waals surface area contributed by atoms with E-state index in [1.165, 1.54) is 51.4 Å². The molecule has 2 saturated carbocycles. The average Bonchev–Trinajstić information content (AvgIpc) is 2.56. The van der Waals surface area contributed by atoms with Gasteiger partial charge >= 0.3 is 0 Å². The van der Waals surface area contributed by atoms with Gasteiger partial charge in [0.25, 0.3) is 0 Å². The van der Waals surface area contributed by atoms with E-state index in [4.69, 9.17) is 0 Å². The molecule has 0 aromatic heterocycles. The highest BCUT2D eigenvalue weighted by Gasteiger charge is 2.44. The van der Waals surface area contributed by atoms with E-state index in [1.54, 1.807) is 0 Å². The third-order valence-electron chi connectivity index (χ3n) is 5.29. The highest BCUT2D eigenvalue weighted by molar-refractivity contribution is 4.94. The second-order valence-corrected chi connectivity index (χ2v) is 6.79. The lowest BCUT2D eigenvalue weighted by molar-refractivity contribution is 0.120. The van der Waals surface area contributed by atoms with E-state index >= 15 is 0 Å². The maximum absolute atomic E-state index is 3.82. The van der Waals surface area contributed by atoms with Crippen molar-refractivity contribution in [1.82, 2.24) is 0 Å². The van der Waals surface area contributed by atoms with Crippen molar-refractivity contribution < 1.29 is 0 Å². The molecule has 2 rings (SSSR count). The maximum atomic E-state index is 3.82. The molecular weight excluding hydrogens is 192 g/mol. The standard InChI is InChI=1S/C16H28/c1-4-5-6-7-13-8-9-14-10-11-16(2,3)15(14)12-13/h4,13-15H,1,5-12H2,2-3H3. The van der Waals surface area contributed by atoms with Gasteiger partial charge in [-0.05, 0) is 61.7 Å². The minimum absolute atomic E-state index is 0.641. The van der Waals surface area contributed by atoms with Crippen LogP contribution in [0, 0.1) is 23.2 Å². The Labute approximate surface area is 102 Å². The molecule has 92 valence electrons. The summed E-state index contributed by atoms with van der Waals surface area (Å²) in [5, 5.41) is 0. The smallest absolute Gasteiger partial charge is 0.0323 e. The molecule has 0 aliphatic heterocycles. The van der Waals surface area contributed by atoms with Gasteiger partial charge in [0.05, 0.1) is 0 Å². The molecule has 0 heteroatoms. The summed E-state index contributed by atoms with van der Waals surface area (Å²) in [6.45, 7) is 8.83. The number of hydrogen-bond acceptors (Lipinski definition) is 0.